The van der Waals surface area contributed by atoms with Crippen molar-refractivity contribution in [3.63, 3.8) is 0 Å². The Kier molecular flexibility index (Phi) is 4.58. The highest BCUT2D eigenvalue weighted by atomic mass is 32.1. The van der Waals surface area contributed by atoms with E-state index in [-0.39, 0.29) is 17.1 Å². The summed E-state index contributed by atoms with van der Waals surface area (Å²) in [6.07, 6.45) is 5.08. The third kappa shape index (κ3) is 3.26. The lowest BCUT2D eigenvalue weighted by atomic mass is 9.78. The minimum absolute atomic E-state index is 0.0699. The van der Waals surface area contributed by atoms with E-state index < -0.39 is 0 Å². The molecule has 0 bridgehead atoms. The first kappa shape index (κ1) is 15.2. The van der Waals surface area contributed by atoms with Gasteiger partial charge in [0.25, 0.3) is 0 Å². The number of carbonyl (C=O) groups is 2. The number of rotatable bonds is 5. The predicted octanol–water partition coefficient (Wildman–Crippen LogP) is 3.89. The number of carbonyl (C=O) groups excluding carboxylic acids is 2. The smallest absolute Gasteiger partial charge is 0.232 e. The molecule has 1 amide bonds. The Morgan fingerprint density at radius 2 is 2.05 bits per heavy atom. The number of ketones is 1. The second kappa shape index (κ2) is 6.04. The first-order chi connectivity index (χ1) is 9.43. The molecule has 1 aliphatic rings. The Labute approximate surface area is 124 Å². The first-order valence-electron chi connectivity index (χ1n) is 7.21. The lowest BCUT2D eigenvalue weighted by Crippen LogP contribution is -2.35. The highest BCUT2D eigenvalue weighted by molar-refractivity contribution is 7.14. The number of amides is 1. The molecule has 0 saturated heterocycles. The van der Waals surface area contributed by atoms with Crippen molar-refractivity contribution in [2.24, 2.45) is 11.3 Å². The molecule has 0 unspecified atom stereocenters. The summed E-state index contributed by atoms with van der Waals surface area (Å²) in [5.41, 5.74) is 0.186. The van der Waals surface area contributed by atoms with E-state index in [1.807, 2.05) is 0 Å². The molecule has 1 N–H and O–H groups in total. The minimum Gasteiger partial charge on any atom is -0.301 e. The second-order valence-electron chi connectivity index (χ2n) is 6.13. The van der Waals surface area contributed by atoms with Crippen LogP contribution in [0.15, 0.2) is 5.38 Å². The van der Waals surface area contributed by atoms with Gasteiger partial charge in [-0.05, 0) is 25.2 Å². The van der Waals surface area contributed by atoms with Crippen LogP contribution in [0.4, 0.5) is 5.13 Å². The zero-order valence-electron chi connectivity index (χ0n) is 12.4. The van der Waals surface area contributed by atoms with E-state index in [0.29, 0.717) is 16.7 Å². The van der Waals surface area contributed by atoms with Crippen molar-refractivity contribution in [2.75, 3.05) is 5.32 Å². The van der Waals surface area contributed by atoms with E-state index in [4.69, 9.17) is 0 Å². The largest absolute Gasteiger partial charge is 0.301 e. The molecule has 1 heterocycles. The summed E-state index contributed by atoms with van der Waals surface area (Å²) < 4.78 is 0. The van der Waals surface area contributed by atoms with Crippen LogP contribution in [0.5, 0.6) is 0 Å². The highest BCUT2D eigenvalue weighted by Gasteiger charge is 2.41. The zero-order valence-corrected chi connectivity index (χ0v) is 13.2. The maximum Gasteiger partial charge on any atom is 0.232 e. The van der Waals surface area contributed by atoms with E-state index in [9.17, 15) is 9.59 Å². The summed E-state index contributed by atoms with van der Waals surface area (Å²) in [5.74, 6) is 0.510. The maximum atomic E-state index is 12.6. The average Bonchev–Trinajstić information content (AvgIpc) is 2.98. The Hall–Kier alpha value is -1.23. The molecule has 110 valence electrons. The molecule has 1 aromatic heterocycles. The van der Waals surface area contributed by atoms with Crippen LogP contribution in [0.3, 0.4) is 0 Å². The lowest BCUT2D eigenvalue weighted by molar-refractivity contribution is -0.126. The number of aromatic nitrogens is 1. The number of hydrogen-bond donors (Lipinski definition) is 1. The van der Waals surface area contributed by atoms with Gasteiger partial charge in [0.1, 0.15) is 5.69 Å². The monoisotopic (exact) mass is 294 g/mol. The van der Waals surface area contributed by atoms with Crippen LogP contribution in [-0.2, 0) is 4.79 Å². The minimum atomic E-state index is -0.240. The van der Waals surface area contributed by atoms with Crippen molar-refractivity contribution >= 4 is 28.2 Å². The van der Waals surface area contributed by atoms with Gasteiger partial charge in [0, 0.05) is 17.7 Å². The van der Waals surface area contributed by atoms with Crippen molar-refractivity contribution < 1.29 is 9.59 Å². The molecular formula is C15H22N2O2S. The molecule has 0 aliphatic heterocycles. The summed E-state index contributed by atoms with van der Waals surface area (Å²) in [6.45, 7) is 5.80. The van der Waals surface area contributed by atoms with E-state index >= 15 is 0 Å². The zero-order chi connectivity index (χ0) is 14.8. The standard InChI is InChI=1S/C15H22N2O2S/c1-10(2)8-15(6-4-5-7-15)13(19)17-14-16-12(9-20-14)11(3)18/h9-10H,4-8H2,1-3H3,(H,16,17,19). The van der Waals surface area contributed by atoms with Crippen molar-refractivity contribution in [3.05, 3.63) is 11.1 Å². The van der Waals surface area contributed by atoms with E-state index in [0.717, 1.165) is 32.1 Å². The highest BCUT2D eigenvalue weighted by Crippen LogP contribution is 2.44. The van der Waals surface area contributed by atoms with Gasteiger partial charge in [-0.15, -0.1) is 11.3 Å². The molecule has 1 aliphatic carbocycles. The van der Waals surface area contributed by atoms with Gasteiger partial charge in [-0.1, -0.05) is 26.7 Å². The first-order valence-corrected chi connectivity index (χ1v) is 8.09. The number of thiazole rings is 1. The molecule has 1 saturated carbocycles. The third-order valence-corrected chi connectivity index (χ3v) is 4.68. The number of nitrogens with zero attached hydrogens (tertiary/aromatic N) is 1. The fourth-order valence-electron chi connectivity index (χ4n) is 3.08. The van der Waals surface area contributed by atoms with Crippen LogP contribution in [0.25, 0.3) is 0 Å². The third-order valence-electron chi connectivity index (χ3n) is 3.93. The molecule has 0 spiro atoms. The van der Waals surface area contributed by atoms with Gasteiger partial charge >= 0.3 is 0 Å². The Morgan fingerprint density at radius 1 is 1.40 bits per heavy atom. The summed E-state index contributed by atoms with van der Waals surface area (Å²) >= 11 is 1.32. The van der Waals surface area contributed by atoms with Crippen LogP contribution in [-0.4, -0.2) is 16.7 Å². The van der Waals surface area contributed by atoms with E-state index in [1.54, 1.807) is 5.38 Å². The molecule has 4 nitrogen and oxygen atoms in total. The van der Waals surface area contributed by atoms with Gasteiger partial charge in [0.05, 0.1) is 0 Å². The lowest BCUT2D eigenvalue weighted by Gasteiger charge is -2.28. The van der Waals surface area contributed by atoms with Crippen LogP contribution in [0, 0.1) is 11.3 Å². The molecule has 1 fully saturated rings. The van der Waals surface area contributed by atoms with Gasteiger partial charge < -0.3 is 5.32 Å². The van der Waals surface area contributed by atoms with E-state index in [2.05, 4.69) is 24.1 Å². The normalized spacial score (nSPS) is 17.4. The summed E-state index contributed by atoms with van der Waals surface area (Å²) in [5, 5.41) is 5.15. The fraction of sp³-hybridized carbons (Fsp3) is 0.667. The van der Waals surface area contributed by atoms with Crippen molar-refractivity contribution in [3.8, 4) is 0 Å². The second-order valence-corrected chi connectivity index (χ2v) is 6.99. The van der Waals surface area contributed by atoms with Gasteiger partial charge in [0.2, 0.25) is 5.91 Å². The SMILES string of the molecule is CC(=O)c1csc(NC(=O)C2(CC(C)C)CCCC2)n1. The Balaban J connectivity index is 2.10. The number of anilines is 1. The maximum absolute atomic E-state index is 12.6. The molecule has 0 aromatic carbocycles. The number of Topliss-reactive ketones (excluding diaryl/α,β-unsaturated/α-hetero) is 1. The van der Waals surface area contributed by atoms with Crippen LogP contribution in [0.2, 0.25) is 0 Å². The van der Waals surface area contributed by atoms with Gasteiger partial charge in [-0.3, -0.25) is 9.59 Å². The molecule has 0 atom stereocenters. The van der Waals surface area contributed by atoms with Crippen LogP contribution in [0.1, 0.15) is 63.4 Å². The molecule has 5 heteroatoms. The summed E-state index contributed by atoms with van der Waals surface area (Å²) in [4.78, 5) is 28.0. The van der Waals surface area contributed by atoms with Gasteiger partial charge in [-0.25, -0.2) is 4.98 Å². The van der Waals surface area contributed by atoms with Crippen molar-refractivity contribution in [2.45, 2.75) is 52.9 Å². The van der Waals surface area contributed by atoms with Crippen molar-refractivity contribution in [1.29, 1.82) is 0 Å². The molecular weight excluding hydrogens is 272 g/mol. The van der Waals surface area contributed by atoms with E-state index in [1.165, 1.54) is 18.3 Å². The van der Waals surface area contributed by atoms with Crippen molar-refractivity contribution in [1.82, 2.24) is 4.98 Å². The number of hydrogen-bond acceptors (Lipinski definition) is 4. The van der Waals surface area contributed by atoms with Gasteiger partial charge in [-0.2, -0.15) is 0 Å². The molecule has 0 radical (unpaired) electrons. The fourth-order valence-corrected chi connectivity index (χ4v) is 3.82. The number of nitrogens with one attached hydrogen (secondary N) is 1. The van der Waals surface area contributed by atoms with Crippen LogP contribution >= 0.6 is 11.3 Å². The topological polar surface area (TPSA) is 59.1 Å². The molecule has 2 rings (SSSR count). The summed E-state index contributed by atoms with van der Waals surface area (Å²) in [7, 11) is 0. The summed E-state index contributed by atoms with van der Waals surface area (Å²) in [6, 6.07) is 0. The Morgan fingerprint density at radius 3 is 2.55 bits per heavy atom. The predicted molar refractivity (Wildman–Crippen MR) is 81.1 cm³/mol. The Bertz CT molecular complexity index is 502. The van der Waals surface area contributed by atoms with Gasteiger partial charge in [0.15, 0.2) is 10.9 Å². The molecule has 20 heavy (non-hydrogen) atoms. The van der Waals surface area contributed by atoms with Crippen LogP contribution < -0.4 is 5.32 Å². The molecule has 1 aromatic rings. The average molecular weight is 294 g/mol. The quantitative estimate of drug-likeness (QED) is 0.838.